The van der Waals surface area contributed by atoms with Crippen molar-refractivity contribution < 1.29 is 18.4 Å². The third-order valence-corrected chi connectivity index (χ3v) is 5.42. The van der Waals surface area contributed by atoms with E-state index in [2.05, 4.69) is 5.10 Å². The fourth-order valence-electron chi connectivity index (χ4n) is 3.58. The highest BCUT2D eigenvalue weighted by atomic mass is 19.1. The summed E-state index contributed by atoms with van der Waals surface area (Å²) in [4.78, 5) is 26.8. The third kappa shape index (κ3) is 3.56. The molecule has 1 aliphatic carbocycles. The first kappa shape index (κ1) is 18.4. The van der Waals surface area contributed by atoms with Crippen molar-refractivity contribution >= 4 is 17.5 Å². The number of benzene rings is 1. The Balaban J connectivity index is 1.54. The number of rotatable bonds is 5. The maximum Gasteiger partial charge on any atom is 0.262 e. The first-order valence-corrected chi connectivity index (χ1v) is 9.47. The average molecular weight is 383 g/mol. The van der Waals surface area contributed by atoms with E-state index in [1.54, 1.807) is 37.6 Å². The van der Waals surface area contributed by atoms with Crippen molar-refractivity contribution in [2.24, 2.45) is 11.0 Å². The van der Waals surface area contributed by atoms with Gasteiger partial charge in [0.1, 0.15) is 24.2 Å². The summed E-state index contributed by atoms with van der Waals surface area (Å²) in [6.45, 7) is -0.0350. The molecule has 28 heavy (non-hydrogen) atoms. The molecule has 0 radical (unpaired) electrons. The number of nitrogens with zero attached hydrogens (tertiary/aromatic N) is 3. The molecule has 1 atom stereocenters. The lowest BCUT2D eigenvalue weighted by molar-refractivity contribution is -0.144. The number of hydrogen-bond donors (Lipinski definition) is 0. The molecular weight excluding hydrogens is 361 g/mol. The Hall–Kier alpha value is -2.96. The lowest BCUT2D eigenvalue weighted by Gasteiger charge is -2.30. The molecular formula is C21H22FN3O3. The highest BCUT2D eigenvalue weighted by Crippen LogP contribution is 2.33. The molecule has 7 heteroatoms. The van der Waals surface area contributed by atoms with E-state index in [1.807, 2.05) is 0 Å². The van der Waals surface area contributed by atoms with Crippen molar-refractivity contribution in [1.82, 2.24) is 9.91 Å². The van der Waals surface area contributed by atoms with E-state index in [4.69, 9.17) is 4.42 Å². The number of hydrazone groups is 1. The first-order chi connectivity index (χ1) is 13.5. The van der Waals surface area contributed by atoms with Crippen molar-refractivity contribution in [3.63, 3.8) is 0 Å². The van der Waals surface area contributed by atoms with Gasteiger partial charge < -0.3 is 9.32 Å². The molecule has 2 amide bonds. The largest absolute Gasteiger partial charge is 0.467 e. The number of carbonyl (C=O) groups excluding carboxylic acids is 2. The number of likely N-dealkylation sites (N-methyl/N-ethyl adjacent to an activating group) is 1. The summed E-state index contributed by atoms with van der Waals surface area (Å²) in [6.07, 6.45) is 4.87. The van der Waals surface area contributed by atoms with Gasteiger partial charge in [-0.2, -0.15) is 5.10 Å². The SMILES string of the molecule is CN(CC(=O)N1N=C(c2ccc(F)cc2)CC1c1ccco1)C(=O)C1CCC1. The van der Waals surface area contributed by atoms with Crippen LogP contribution in [0, 0.1) is 11.7 Å². The standard InChI is InChI=1S/C21H22FN3O3/c1-24(21(27)15-4-2-5-15)13-20(26)25-18(19-6-3-11-28-19)12-17(23-25)14-7-9-16(22)10-8-14/h3,6-11,15,18H,2,4-5,12-13H2,1H3. The second-order valence-electron chi connectivity index (χ2n) is 7.35. The summed E-state index contributed by atoms with van der Waals surface area (Å²) in [6, 6.07) is 9.22. The minimum atomic E-state index is -0.380. The van der Waals surface area contributed by atoms with Crippen molar-refractivity contribution in [3.8, 4) is 0 Å². The molecule has 146 valence electrons. The smallest absolute Gasteiger partial charge is 0.262 e. The molecule has 1 fully saturated rings. The zero-order valence-electron chi connectivity index (χ0n) is 15.7. The zero-order valence-corrected chi connectivity index (χ0v) is 15.7. The highest BCUT2D eigenvalue weighted by molar-refractivity contribution is 6.03. The van der Waals surface area contributed by atoms with Crippen LogP contribution in [0.3, 0.4) is 0 Å². The predicted molar refractivity (Wildman–Crippen MR) is 101 cm³/mol. The van der Waals surface area contributed by atoms with Gasteiger partial charge in [0.2, 0.25) is 5.91 Å². The Bertz CT molecular complexity index is 888. The Morgan fingerprint density at radius 2 is 2.00 bits per heavy atom. The van der Waals surface area contributed by atoms with Crippen LogP contribution >= 0.6 is 0 Å². The van der Waals surface area contributed by atoms with Crippen LogP contribution in [0.15, 0.2) is 52.2 Å². The van der Waals surface area contributed by atoms with E-state index >= 15 is 0 Å². The molecule has 1 aromatic heterocycles. The van der Waals surface area contributed by atoms with E-state index in [1.165, 1.54) is 22.0 Å². The summed E-state index contributed by atoms with van der Waals surface area (Å²) in [7, 11) is 1.65. The fraction of sp³-hybridized carbons (Fsp3) is 0.381. The molecule has 6 nitrogen and oxygen atoms in total. The monoisotopic (exact) mass is 383 g/mol. The van der Waals surface area contributed by atoms with E-state index in [0.717, 1.165) is 24.8 Å². The Morgan fingerprint density at radius 3 is 2.61 bits per heavy atom. The molecule has 0 spiro atoms. The van der Waals surface area contributed by atoms with Crippen LogP contribution < -0.4 is 0 Å². The van der Waals surface area contributed by atoms with Crippen molar-refractivity contribution in [2.45, 2.75) is 31.7 Å². The molecule has 2 aromatic rings. The zero-order chi connectivity index (χ0) is 19.7. The predicted octanol–water partition coefficient (Wildman–Crippen LogP) is 3.35. The summed E-state index contributed by atoms with van der Waals surface area (Å²) >= 11 is 0. The van der Waals surface area contributed by atoms with Crippen LogP contribution in [-0.4, -0.2) is 41.0 Å². The van der Waals surface area contributed by atoms with Gasteiger partial charge in [-0.15, -0.1) is 0 Å². The summed E-state index contributed by atoms with van der Waals surface area (Å²) in [5, 5.41) is 5.89. The van der Waals surface area contributed by atoms with Crippen molar-refractivity contribution in [3.05, 3.63) is 59.8 Å². The van der Waals surface area contributed by atoms with Gasteiger partial charge in [0.05, 0.1) is 12.0 Å². The second kappa shape index (κ2) is 7.58. The van der Waals surface area contributed by atoms with E-state index in [0.29, 0.717) is 17.9 Å². The van der Waals surface area contributed by atoms with E-state index in [-0.39, 0.29) is 36.1 Å². The summed E-state index contributed by atoms with van der Waals surface area (Å²) in [5.74, 6) is 0.0801. The average Bonchev–Trinajstić information content (AvgIpc) is 3.30. The molecule has 1 aliphatic heterocycles. The maximum atomic E-state index is 13.2. The molecule has 0 bridgehead atoms. The molecule has 1 aromatic carbocycles. The molecule has 0 saturated heterocycles. The van der Waals surface area contributed by atoms with Gasteiger partial charge in [-0.3, -0.25) is 9.59 Å². The van der Waals surface area contributed by atoms with Crippen LogP contribution in [-0.2, 0) is 9.59 Å². The molecule has 0 N–H and O–H groups in total. The number of carbonyl (C=O) groups is 2. The number of furan rings is 1. The molecule has 1 unspecified atom stereocenters. The van der Waals surface area contributed by atoms with Crippen molar-refractivity contribution in [2.75, 3.05) is 13.6 Å². The fourth-order valence-corrected chi connectivity index (χ4v) is 3.58. The number of halogens is 1. The van der Waals surface area contributed by atoms with Crippen LogP contribution in [0.4, 0.5) is 4.39 Å². The van der Waals surface area contributed by atoms with Gasteiger partial charge in [0.25, 0.3) is 5.91 Å². The van der Waals surface area contributed by atoms with Gasteiger partial charge in [-0.05, 0) is 42.7 Å². The van der Waals surface area contributed by atoms with E-state index < -0.39 is 0 Å². The van der Waals surface area contributed by atoms with Gasteiger partial charge in [-0.1, -0.05) is 18.6 Å². The minimum absolute atomic E-state index is 0.0103. The highest BCUT2D eigenvalue weighted by Gasteiger charge is 2.36. The number of amides is 2. The van der Waals surface area contributed by atoms with Crippen LogP contribution in [0.2, 0.25) is 0 Å². The Kier molecular flexibility index (Phi) is 4.98. The quantitative estimate of drug-likeness (QED) is 0.795. The Morgan fingerprint density at radius 1 is 1.25 bits per heavy atom. The summed E-state index contributed by atoms with van der Waals surface area (Å²) in [5.41, 5.74) is 1.44. The van der Waals surface area contributed by atoms with E-state index in [9.17, 15) is 14.0 Å². The van der Waals surface area contributed by atoms with Gasteiger partial charge in [0, 0.05) is 19.4 Å². The molecule has 1 saturated carbocycles. The normalized spacial score (nSPS) is 19.3. The second-order valence-corrected chi connectivity index (χ2v) is 7.35. The maximum absolute atomic E-state index is 13.2. The molecule has 4 rings (SSSR count). The summed E-state index contributed by atoms with van der Waals surface area (Å²) < 4.78 is 18.8. The van der Waals surface area contributed by atoms with Gasteiger partial charge in [0.15, 0.2) is 0 Å². The number of hydrogen-bond acceptors (Lipinski definition) is 4. The van der Waals surface area contributed by atoms with Crippen molar-refractivity contribution in [1.29, 1.82) is 0 Å². The van der Waals surface area contributed by atoms with Gasteiger partial charge in [-0.25, -0.2) is 9.40 Å². The molecule has 2 aliphatic rings. The lowest BCUT2D eigenvalue weighted by atomic mass is 9.84. The van der Waals surface area contributed by atoms with Crippen LogP contribution in [0.1, 0.15) is 43.0 Å². The minimum Gasteiger partial charge on any atom is -0.467 e. The van der Waals surface area contributed by atoms with Gasteiger partial charge >= 0.3 is 0 Å². The third-order valence-electron chi connectivity index (χ3n) is 5.42. The van der Waals surface area contributed by atoms with Crippen LogP contribution in [0.25, 0.3) is 0 Å². The van der Waals surface area contributed by atoms with Crippen LogP contribution in [0.5, 0.6) is 0 Å². The lowest BCUT2D eigenvalue weighted by Crippen LogP contribution is -2.42. The Labute approximate surface area is 162 Å². The topological polar surface area (TPSA) is 66.1 Å². The molecule has 2 heterocycles. The first-order valence-electron chi connectivity index (χ1n) is 9.47.